The van der Waals surface area contributed by atoms with Gasteiger partial charge in [-0.25, -0.2) is 13.4 Å². The zero-order valence-electron chi connectivity index (χ0n) is 7.23. The van der Waals surface area contributed by atoms with Crippen LogP contribution >= 0.6 is 11.3 Å². The summed E-state index contributed by atoms with van der Waals surface area (Å²) in [6.45, 7) is 5.14. The van der Waals surface area contributed by atoms with Crippen LogP contribution in [0.4, 0.5) is 0 Å². The minimum absolute atomic E-state index is 0.364. The first-order valence-corrected chi connectivity index (χ1v) is 5.97. The minimum Gasteiger partial charge on any atom is -0.249 e. The van der Waals surface area contributed by atoms with Crippen LogP contribution < -0.4 is 0 Å². The highest BCUT2D eigenvalue weighted by Crippen LogP contribution is 2.21. The zero-order valence-corrected chi connectivity index (χ0v) is 8.87. The van der Waals surface area contributed by atoms with E-state index in [0.717, 1.165) is 5.01 Å². The maximum atomic E-state index is 11.5. The Morgan fingerprint density at radius 3 is 2.42 bits per heavy atom. The van der Waals surface area contributed by atoms with Gasteiger partial charge in [-0.3, -0.25) is 0 Å². The van der Waals surface area contributed by atoms with Gasteiger partial charge >= 0.3 is 0 Å². The molecule has 12 heavy (non-hydrogen) atoms. The van der Waals surface area contributed by atoms with Crippen LogP contribution in [0, 0.1) is 6.92 Å². The second-order valence-corrected chi connectivity index (χ2v) is 6.76. The SMILES string of the molecule is Cc1ncc(S(=O)(=O)C(C)C)s1. The molecule has 68 valence electrons. The Bertz CT molecular complexity index is 365. The van der Waals surface area contributed by atoms with E-state index in [1.54, 1.807) is 20.8 Å². The van der Waals surface area contributed by atoms with Crippen molar-refractivity contribution in [3.05, 3.63) is 11.2 Å². The van der Waals surface area contributed by atoms with Crippen molar-refractivity contribution in [3.8, 4) is 0 Å². The average Bonchev–Trinajstić information content (AvgIpc) is 2.35. The molecule has 0 amide bonds. The fourth-order valence-corrected chi connectivity index (χ4v) is 3.28. The van der Waals surface area contributed by atoms with Crippen LogP contribution in [0.5, 0.6) is 0 Å². The molecule has 0 atom stereocenters. The number of nitrogens with zero attached hydrogens (tertiary/aromatic N) is 1. The van der Waals surface area contributed by atoms with Crippen LogP contribution in [0.2, 0.25) is 0 Å². The first-order valence-electron chi connectivity index (χ1n) is 3.61. The van der Waals surface area contributed by atoms with E-state index in [2.05, 4.69) is 4.98 Å². The van der Waals surface area contributed by atoms with E-state index in [9.17, 15) is 8.42 Å². The number of aryl methyl sites for hydroxylation is 1. The first kappa shape index (κ1) is 9.67. The van der Waals surface area contributed by atoms with Gasteiger partial charge in [0, 0.05) is 0 Å². The standard InChI is InChI=1S/C7H11NO2S2/c1-5(2)12(9,10)7-4-8-6(3)11-7/h4-5H,1-3H3. The molecule has 1 aromatic heterocycles. The highest BCUT2D eigenvalue weighted by Gasteiger charge is 2.21. The summed E-state index contributed by atoms with van der Waals surface area (Å²) in [6.07, 6.45) is 1.43. The molecule has 1 heterocycles. The van der Waals surface area contributed by atoms with Crippen molar-refractivity contribution in [3.63, 3.8) is 0 Å². The van der Waals surface area contributed by atoms with Gasteiger partial charge in [0.2, 0.25) is 0 Å². The molecule has 0 N–H and O–H groups in total. The minimum atomic E-state index is -3.10. The van der Waals surface area contributed by atoms with Gasteiger partial charge in [-0.2, -0.15) is 0 Å². The average molecular weight is 205 g/mol. The number of sulfone groups is 1. The second-order valence-electron chi connectivity index (χ2n) is 2.79. The van der Waals surface area contributed by atoms with Gasteiger partial charge < -0.3 is 0 Å². The normalized spacial score (nSPS) is 12.3. The molecule has 0 spiro atoms. The third-order valence-corrected chi connectivity index (χ3v) is 5.06. The molecule has 0 aliphatic carbocycles. The Morgan fingerprint density at radius 1 is 1.50 bits per heavy atom. The summed E-state index contributed by atoms with van der Waals surface area (Å²) < 4.78 is 23.4. The summed E-state index contributed by atoms with van der Waals surface area (Å²) in [6, 6.07) is 0. The van der Waals surface area contributed by atoms with Gasteiger partial charge in [0.25, 0.3) is 0 Å². The van der Waals surface area contributed by atoms with E-state index < -0.39 is 9.84 Å². The number of thiazole rings is 1. The van der Waals surface area contributed by atoms with Gasteiger partial charge in [-0.1, -0.05) is 0 Å². The van der Waals surface area contributed by atoms with Crippen molar-refractivity contribution < 1.29 is 8.42 Å². The molecule has 0 saturated carbocycles. The largest absolute Gasteiger partial charge is 0.249 e. The fourth-order valence-electron chi connectivity index (χ4n) is 0.706. The van der Waals surface area contributed by atoms with Crippen LogP contribution in [-0.2, 0) is 9.84 Å². The highest BCUT2D eigenvalue weighted by molar-refractivity contribution is 7.94. The number of rotatable bonds is 2. The lowest BCUT2D eigenvalue weighted by molar-refractivity contribution is 0.589. The Hall–Kier alpha value is -0.420. The molecule has 1 aromatic rings. The Morgan fingerprint density at radius 2 is 2.08 bits per heavy atom. The predicted molar refractivity (Wildman–Crippen MR) is 49.2 cm³/mol. The molecule has 0 aliphatic heterocycles. The summed E-state index contributed by atoms with van der Waals surface area (Å²) in [7, 11) is -3.10. The van der Waals surface area contributed by atoms with Gasteiger partial charge in [-0.15, -0.1) is 11.3 Å². The van der Waals surface area contributed by atoms with Crippen molar-refractivity contribution in [2.45, 2.75) is 30.2 Å². The lowest BCUT2D eigenvalue weighted by Crippen LogP contribution is -2.12. The topological polar surface area (TPSA) is 47.0 Å². The molecule has 0 radical (unpaired) electrons. The van der Waals surface area contributed by atoms with Gasteiger partial charge in [0.15, 0.2) is 9.84 Å². The molecule has 0 unspecified atom stereocenters. The van der Waals surface area contributed by atoms with Crippen molar-refractivity contribution in [1.82, 2.24) is 4.98 Å². The van der Waals surface area contributed by atoms with Crippen LogP contribution in [0.3, 0.4) is 0 Å². The second kappa shape index (κ2) is 3.14. The molecule has 0 aromatic carbocycles. The van der Waals surface area contributed by atoms with Gasteiger partial charge in [0.1, 0.15) is 4.21 Å². The van der Waals surface area contributed by atoms with E-state index in [-0.39, 0.29) is 5.25 Å². The Labute approximate surface area is 76.4 Å². The molecule has 3 nitrogen and oxygen atoms in total. The molecule has 0 bridgehead atoms. The van der Waals surface area contributed by atoms with E-state index in [4.69, 9.17) is 0 Å². The zero-order chi connectivity index (χ0) is 9.35. The molecular formula is C7H11NO2S2. The summed E-state index contributed by atoms with van der Waals surface area (Å²) in [4.78, 5) is 3.90. The Kier molecular flexibility index (Phi) is 2.53. The lowest BCUT2D eigenvalue weighted by atomic mass is 10.6. The number of hydrogen-bond donors (Lipinski definition) is 0. The molecule has 5 heteroatoms. The smallest absolute Gasteiger partial charge is 0.191 e. The summed E-state index contributed by atoms with van der Waals surface area (Å²) >= 11 is 1.22. The van der Waals surface area contributed by atoms with E-state index in [1.807, 2.05) is 0 Å². The predicted octanol–water partition coefficient (Wildman–Crippen LogP) is 1.63. The van der Waals surface area contributed by atoms with Crippen LogP contribution in [-0.4, -0.2) is 18.7 Å². The number of aromatic nitrogens is 1. The van der Waals surface area contributed by atoms with Crippen LogP contribution in [0.15, 0.2) is 10.4 Å². The van der Waals surface area contributed by atoms with E-state index >= 15 is 0 Å². The molecule has 0 aliphatic rings. The highest BCUT2D eigenvalue weighted by atomic mass is 32.2. The first-order chi connectivity index (χ1) is 5.44. The molecule has 0 fully saturated rings. The van der Waals surface area contributed by atoms with Crippen LogP contribution in [0.1, 0.15) is 18.9 Å². The molecule has 0 saturated heterocycles. The Balaban J connectivity index is 3.15. The lowest BCUT2D eigenvalue weighted by Gasteiger charge is -2.02. The van der Waals surface area contributed by atoms with Crippen molar-refractivity contribution >= 4 is 21.2 Å². The van der Waals surface area contributed by atoms with Gasteiger partial charge in [0.05, 0.1) is 16.5 Å². The summed E-state index contributed by atoms with van der Waals surface area (Å²) in [5.41, 5.74) is 0. The maximum absolute atomic E-state index is 11.5. The summed E-state index contributed by atoms with van der Waals surface area (Å²) in [5, 5.41) is 0.423. The third kappa shape index (κ3) is 1.67. The van der Waals surface area contributed by atoms with E-state index in [1.165, 1.54) is 17.5 Å². The van der Waals surface area contributed by atoms with Gasteiger partial charge in [-0.05, 0) is 20.8 Å². The third-order valence-electron chi connectivity index (χ3n) is 1.50. The van der Waals surface area contributed by atoms with E-state index in [0.29, 0.717) is 4.21 Å². The summed E-state index contributed by atoms with van der Waals surface area (Å²) in [5.74, 6) is 0. The van der Waals surface area contributed by atoms with Crippen LogP contribution in [0.25, 0.3) is 0 Å². The van der Waals surface area contributed by atoms with Crippen molar-refractivity contribution in [1.29, 1.82) is 0 Å². The number of hydrogen-bond acceptors (Lipinski definition) is 4. The quantitative estimate of drug-likeness (QED) is 0.737. The molecule has 1 rings (SSSR count). The monoisotopic (exact) mass is 205 g/mol. The fraction of sp³-hybridized carbons (Fsp3) is 0.571. The molecular weight excluding hydrogens is 194 g/mol. The van der Waals surface area contributed by atoms with Crippen molar-refractivity contribution in [2.24, 2.45) is 0 Å². The van der Waals surface area contributed by atoms with Crippen molar-refractivity contribution in [2.75, 3.05) is 0 Å². The maximum Gasteiger partial charge on any atom is 0.191 e.